The Bertz CT molecular complexity index is 1250. The predicted octanol–water partition coefficient (Wildman–Crippen LogP) is 6.03. The van der Waals surface area contributed by atoms with E-state index in [1.807, 2.05) is 67.7 Å². The number of ether oxygens (including phenoxy) is 1. The molecule has 0 bridgehead atoms. The van der Waals surface area contributed by atoms with E-state index in [0.29, 0.717) is 29.6 Å². The van der Waals surface area contributed by atoms with Crippen molar-refractivity contribution >= 4 is 23.3 Å². The number of hydrogen-bond donors (Lipinski definition) is 1. The molecule has 0 unspecified atom stereocenters. The number of nitrogens with zero attached hydrogens (tertiary/aromatic N) is 2. The average molecular weight is 446 g/mol. The highest BCUT2D eigenvalue weighted by Gasteiger charge is 2.10. The normalized spacial score (nSPS) is 10.7. The predicted molar refractivity (Wildman–Crippen MR) is 127 cm³/mol. The second kappa shape index (κ2) is 9.71. The summed E-state index contributed by atoms with van der Waals surface area (Å²) in [5.74, 6) is 1.12. The van der Waals surface area contributed by atoms with Crippen LogP contribution in [0.2, 0.25) is 5.02 Å². The molecule has 1 heterocycles. The van der Waals surface area contributed by atoms with Crippen LogP contribution in [-0.2, 0) is 13.2 Å². The molecule has 0 radical (unpaired) electrons. The molecule has 0 saturated heterocycles. The van der Waals surface area contributed by atoms with E-state index in [0.717, 1.165) is 22.4 Å². The van der Waals surface area contributed by atoms with Crippen molar-refractivity contribution in [1.29, 1.82) is 0 Å². The zero-order valence-corrected chi connectivity index (χ0v) is 18.8. The largest absolute Gasteiger partial charge is 0.489 e. The molecular formula is C26H24ClN3O2. The maximum Gasteiger partial charge on any atom is 0.256 e. The molecule has 162 valence electrons. The molecule has 1 amide bonds. The molecule has 0 atom stereocenters. The summed E-state index contributed by atoms with van der Waals surface area (Å²) < 4.78 is 7.70. The molecule has 3 aromatic carbocycles. The van der Waals surface area contributed by atoms with Gasteiger partial charge in [-0.25, -0.2) is 0 Å². The third-order valence-electron chi connectivity index (χ3n) is 5.03. The topological polar surface area (TPSA) is 56.1 Å². The van der Waals surface area contributed by atoms with E-state index in [1.54, 1.807) is 16.8 Å². The van der Waals surface area contributed by atoms with Crippen molar-refractivity contribution < 1.29 is 9.53 Å². The van der Waals surface area contributed by atoms with Crippen molar-refractivity contribution in [2.75, 3.05) is 5.32 Å². The second-order valence-corrected chi connectivity index (χ2v) is 8.18. The first-order valence-corrected chi connectivity index (χ1v) is 10.7. The van der Waals surface area contributed by atoms with Gasteiger partial charge < -0.3 is 10.1 Å². The van der Waals surface area contributed by atoms with Gasteiger partial charge in [-0.2, -0.15) is 5.10 Å². The van der Waals surface area contributed by atoms with Gasteiger partial charge in [-0.05, 0) is 60.9 Å². The van der Waals surface area contributed by atoms with E-state index in [9.17, 15) is 4.79 Å². The summed E-state index contributed by atoms with van der Waals surface area (Å²) in [6.07, 6.45) is 1.82. The summed E-state index contributed by atoms with van der Waals surface area (Å²) >= 11 is 6.04. The first-order chi connectivity index (χ1) is 15.5. The fourth-order valence-electron chi connectivity index (χ4n) is 3.45. The van der Waals surface area contributed by atoms with Crippen molar-refractivity contribution in [3.05, 3.63) is 112 Å². The van der Waals surface area contributed by atoms with Crippen LogP contribution in [-0.4, -0.2) is 15.7 Å². The molecule has 4 rings (SSSR count). The summed E-state index contributed by atoms with van der Waals surface area (Å²) in [4.78, 5) is 12.7. The zero-order valence-electron chi connectivity index (χ0n) is 18.0. The van der Waals surface area contributed by atoms with Gasteiger partial charge in [0.15, 0.2) is 5.82 Å². The lowest BCUT2D eigenvalue weighted by atomic mass is 10.1. The first kappa shape index (κ1) is 21.7. The molecule has 1 N–H and O–H groups in total. The van der Waals surface area contributed by atoms with Crippen LogP contribution in [0.1, 0.15) is 32.6 Å². The number of amides is 1. The molecule has 0 aliphatic rings. The van der Waals surface area contributed by atoms with Crippen LogP contribution in [0.5, 0.6) is 5.75 Å². The monoisotopic (exact) mass is 445 g/mol. The van der Waals surface area contributed by atoms with Gasteiger partial charge in [0.25, 0.3) is 5.91 Å². The molecular weight excluding hydrogens is 422 g/mol. The fraction of sp³-hybridized carbons (Fsp3) is 0.154. The van der Waals surface area contributed by atoms with E-state index in [-0.39, 0.29) is 5.91 Å². The maximum atomic E-state index is 12.7. The van der Waals surface area contributed by atoms with Crippen LogP contribution in [0.4, 0.5) is 5.82 Å². The molecule has 4 aromatic rings. The number of rotatable bonds is 7. The van der Waals surface area contributed by atoms with Gasteiger partial charge in [0.1, 0.15) is 12.4 Å². The number of nitrogens with one attached hydrogen (secondary N) is 1. The van der Waals surface area contributed by atoms with Crippen molar-refractivity contribution in [3.8, 4) is 5.75 Å². The minimum atomic E-state index is -0.216. The number of benzene rings is 3. The second-order valence-electron chi connectivity index (χ2n) is 7.74. The first-order valence-electron chi connectivity index (χ1n) is 10.3. The van der Waals surface area contributed by atoms with Gasteiger partial charge >= 0.3 is 0 Å². The smallest absolute Gasteiger partial charge is 0.256 e. The molecule has 5 nitrogen and oxygen atoms in total. The molecule has 0 aliphatic carbocycles. The number of carbonyl (C=O) groups is 1. The quantitative estimate of drug-likeness (QED) is 0.377. The Morgan fingerprint density at radius 2 is 1.81 bits per heavy atom. The van der Waals surface area contributed by atoms with E-state index in [4.69, 9.17) is 16.3 Å². The highest BCUT2D eigenvalue weighted by molar-refractivity contribution is 6.30. The minimum absolute atomic E-state index is 0.216. The minimum Gasteiger partial charge on any atom is -0.489 e. The van der Waals surface area contributed by atoms with E-state index < -0.39 is 0 Å². The van der Waals surface area contributed by atoms with Crippen LogP contribution in [0, 0.1) is 13.8 Å². The van der Waals surface area contributed by atoms with Crippen molar-refractivity contribution in [3.63, 3.8) is 0 Å². The SMILES string of the molecule is Cc1ccc(OCc2cccc(C(=O)Nc3ccn(Cc4cccc(Cl)c4)n3)c2)c(C)c1. The summed E-state index contributed by atoms with van der Waals surface area (Å²) in [6.45, 7) is 5.04. The van der Waals surface area contributed by atoms with Gasteiger partial charge in [-0.15, -0.1) is 0 Å². The Hall–Kier alpha value is -3.57. The van der Waals surface area contributed by atoms with Crippen LogP contribution in [0.3, 0.4) is 0 Å². The van der Waals surface area contributed by atoms with Crippen LogP contribution >= 0.6 is 11.6 Å². The Kier molecular flexibility index (Phi) is 6.57. The van der Waals surface area contributed by atoms with Gasteiger partial charge in [-0.3, -0.25) is 9.48 Å². The number of anilines is 1. The number of hydrogen-bond acceptors (Lipinski definition) is 3. The van der Waals surface area contributed by atoms with Crippen LogP contribution in [0.15, 0.2) is 79.0 Å². The summed E-state index contributed by atoms with van der Waals surface area (Å²) in [7, 11) is 0. The lowest BCUT2D eigenvalue weighted by molar-refractivity contribution is 0.102. The molecule has 1 aromatic heterocycles. The van der Waals surface area contributed by atoms with Gasteiger partial charge in [0.05, 0.1) is 6.54 Å². The standard InChI is InChI=1S/C26H24ClN3O2/c1-18-9-10-24(19(2)13-18)32-17-21-6-3-7-22(14-21)26(31)28-25-11-12-30(29-25)16-20-5-4-8-23(27)15-20/h3-15H,16-17H2,1-2H3,(H,28,29,31). The van der Waals surface area contributed by atoms with Gasteiger partial charge in [-0.1, -0.05) is 53.6 Å². The van der Waals surface area contributed by atoms with Crippen LogP contribution < -0.4 is 10.1 Å². The number of aryl methyl sites for hydroxylation is 2. The van der Waals surface area contributed by atoms with Crippen molar-refractivity contribution in [1.82, 2.24) is 9.78 Å². The molecule has 0 aliphatic heterocycles. The molecule has 6 heteroatoms. The lowest BCUT2D eigenvalue weighted by Crippen LogP contribution is -2.13. The van der Waals surface area contributed by atoms with E-state index in [1.165, 1.54) is 5.56 Å². The van der Waals surface area contributed by atoms with Crippen LogP contribution in [0.25, 0.3) is 0 Å². The van der Waals surface area contributed by atoms with E-state index >= 15 is 0 Å². The highest BCUT2D eigenvalue weighted by Crippen LogP contribution is 2.20. The molecule has 0 spiro atoms. The Morgan fingerprint density at radius 1 is 1.00 bits per heavy atom. The highest BCUT2D eigenvalue weighted by atomic mass is 35.5. The zero-order chi connectivity index (χ0) is 22.5. The summed E-state index contributed by atoms with van der Waals surface area (Å²) in [6, 6.07) is 22.9. The summed E-state index contributed by atoms with van der Waals surface area (Å²) in [5, 5.41) is 7.97. The molecule has 0 saturated carbocycles. The summed E-state index contributed by atoms with van der Waals surface area (Å²) in [5.41, 5.74) is 4.80. The third kappa shape index (κ3) is 5.56. The molecule has 0 fully saturated rings. The van der Waals surface area contributed by atoms with Gasteiger partial charge in [0, 0.05) is 22.8 Å². The fourth-order valence-corrected chi connectivity index (χ4v) is 3.66. The van der Waals surface area contributed by atoms with Crippen molar-refractivity contribution in [2.45, 2.75) is 27.0 Å². The lowest BCUT2D eigenvalue weighted by Gasteiger charge is -2.10. The average Bonchev–Trinajstić information content (AvgIpc) is 3.20. The van der Waals surface area contributed by atoms with E-state index in [2.05, 4.69) is 23.4 Å². The molecule has 32 heavy (non-hydrogen) atoms. The third-order valence-corrected chi connectivity index (χ3v) is 5.26. The Balaban J connectivity index is 1.38. The Labute approximate surface area is 192 Å². The van der Waals surface area contributed by atoms with Gasteiger partial charge in [0.2, 0.25) is 0 Å². The number of carbonyl (C=O) groups excluding carboxylic acids is 1. The number of halogens is 1. The van der Waals surface area contributed by atoms with Crippen molar-refractivity contribution in [2.24, 2.45) is 0 Å². The maximum absolute atomic E-state index is 12.7. The number of aromatic nitrogens is 2. The Morgan fingerprint density at radius 3 is 2.62 bits per heavy atom.